The molecule has 2 nitrogen and oxygen atoms in total. The van der Waals surface area contributed by atoms with Crippen molar-refractivity contribution in [1.82, 2.24) is 0 Å². The van der Waals surface area contributed by atoms with E-state index >= 15 is 0 Å². The fraction of sp³-hybridized carbons (Fsp3) is 0.667. The summed E-state index contributed by atoms with van der Waals surface area (Å²) in [4.78, 5) is 0. The van der Waals surface area contributed by atoms with E-state index in [1.54, 1.807) is 12.2 Å². The van der Waals surface area contributed by atoms with Gasteiger partial charge in [-0.25, -0.2) is 0 Å². The minimum atomic E-state index is -0.767. The van der Waals surface area contributed by atoms with E-state index in [9.17, 15) is 0 Å². The Hall–Kier alpha value is 0.620. The number of aliphatic hydroxyl groups excluding tert-OH is 2. The highest BCUT2D eigenvalue weighted by Gasteiger charge is 2.09. The normalized spacial score (nSPS) is 17.6. The van der Waals surface area contributed by atoms with Crippen molar-refractivity contribution in [3.63, 3.8) is 0 Å². The Morgan fingerprint density at radius 3 is 2.30 bits per heavy atom. The van der Waals surface area contributed by atoms with Crippen molar-refractivity contribution in [2.45, 2.75) is 12.2 Å². The second-order valence-electron chi connectivity index (χ2n) is 1.79. The molecule has 0 aliphatic rings. The average Bonchev–Trinajstić information content (AvgIpc) is 1.98. The summed E-state index contributed by atoms with van der Waals surface area (Å²) in [7, 11) is 0. The van der Waals surface area contributed by atoms with Crippen LogP contribution in [0.4, 0.5) is 0 Å². The van der Waals surface area contributed by atoms with Crippen LogP contribution in [0.1, 0.15) is 0 Å². The SMILES string of the molecule is O[C@H](/C=C/CBr)[C@H](O)CBr. The summed E-state index contributed by atoms with van der Waals surface area (Å²) in [5.41, 5.74) is 0. The van der Waals surface area contributed by atoms with E-state index in [0.29, 0.717) is 10.7 Å². The second kappa shape index (κ2) is 6.34. The van der Waals surface area contributed by atoms with Crippen LogP contribution in [-0.4, -0.2) is 33.1 Å². The summed E-state index contributed by atoms with van der Waals surface area (Å²) >= 11 is 6.21. The molecule has 0 spiro atoms. The first-order chi connectivity index (χ1) is 4.72. The first-order valence-electron chi connectivity index (χ1n) is 2.87. The monoisotopic (exact) mass is 272 g/mol. The molecule has 2 atom stereocenters. The molecule has 0 fully saturated rings. The lowest BCUT2D eigenvalue weighted by atomic mass is 10.2. The van der Waals surface area contributed by atoms with Gasteiger partial charge in [-0.05, 0) is 0 Å². The molecule has 0 aromatic carbocycles. The standard InChI is InChI=1S/C6H10Br2O2/c7-3-1-2-5(9)6(10)4-8/h1-2,5-6,9-10H,3-4H2/b2-1+/t5-,6-/m1/s1. The molecule has 0 saturated carbocycles. The predicted octanol–water partition coefficient (Wildman–Crippen LogP) is 1.05. The summed E-state index contributed by atoms with van der Waals surface area (Å²) < 4.78 is 0. The largest absolute Gasteiger partial charge is 0.389 e. The molecule has 2 N–H and O–H groups in total. The Bertz CT molecular complexity index is 106. The van der Waals surface area contributed by atoms with Crippen molar-refractivity contribution in [2.75, 3.05) is 10.7 Å². The lowest BCUT2D eigenvalue weighted by Gasteiger charge is -2.09. The van der Waals surface area contributed by atoms with Gasteiger partial charge < -0.3 is 10.2 Å². The Morgan fingerprint density at radius 1 is 1.30 bits per heavy atom. The van der Waals surface area contributed by atoms with Crippen LogP contribution in [0.2, 0.25) is 0 Å². The van der Waals surface area contributed by atoms with E-state index in [1.807, 2.05) is 0 Å². The molecule has 0 unspecified atom stereocenters. The molecule has 0 saturated heterocycles. The average molecular weight is 274 g/mol. The molecule has 4 heteroatoms. The first kappa shape index (κ1) is 10.6. The van der Waals surface area contributed by atoms with Gasteiger partial charge in [-0.1, -0.05) is 44.0 Å². The quantitative estimate of drug-likeness (QED) is 0.594. The van der Waals surface area contributed by atoms with Gasteiger partial charge in [0.1, 0.15) is 0 Å². The molecular weight excluding hydrogens is 264 g/mol. The maximum atomic E-state index is 9.06. The first-order valence-corrected chi connectivity index (χ1v) is 5.11. The van der Waals surface area contributed by atoms with Crippen molar-refractivity contribution in [2.24, 2.45) is 0 Å². The number of aliphatic hydroxyl groups is 2. The van der Waals surface area contributed by atoms with E-state index in [4.69, 9.17) is 10.2 Å². The lowest BCUT2D eigenvalue weighted by molar-refractivity contribution is 0.0658. The molecule has 10 heavy (non-hydrogen) atoms. The van der Waals surface area contributed by atoms with E-state index in [-0.39, 0.29) is 0 Å². The van der Waals surface area contributed by atoms with Gasteiger partial charge in [0, 0.05) is 10.7 Å². The summed E-state index contributed by atoms with van der Waals surface area (Å²) in [5, 5.41) is 19.1. The lowest BCUT2D eigenvalue weighted by Crippen LogP contribution is -2.24. The van der Waals surface area contributed by atoms with Crippen LogP contribution < -0.4 is 0 Å². The number of allylic oxidation sites excluding steroid dienone is 1. The molecule has 0 bridgehead atoms. The van der Waals surface area contributed by atoms with Crippen molar-refractivity contribution < 1.29 is 10.2 Å². The fourth-order valence-electron chi connectivity index (χ4n) is 0.410. The highest BCUT2D eigenvalue weighted by Crippen LogP contribution is 1.99. The molecule has 0 amide bonds. The zero-order valence-electron chi connectivity index (χ0n) is 5.37. The summed E-state index contributed by atoms with van der Waals surface area (Å²) in [5.74, 6) is 0. The molecular formula is C6H10Br2O2. The highest BCUT2D eigenvalue weighted by atomic mass is 79.9. The third-order valence-electron chi connectivity index (χ3n) is 0.975. The van der Waals surface area contributed by atoms with Gasteiger partial charge in [0.25, 0.3) is 0 Å². The smallest absolute Gasteiger partial charge is 0.0988 e. The highest BCUT2D eigenvalue weighted by molar-refractivity contribution is 9.09. The van der Waals surface area contributed by atoms with Gasteiger partial charge in [-0.3, -0.25) is 0 Å². The van der Waals surface area contributed by atoms with Crippen LogP contribution in [0, 0.1) is 0 Å². The molecule has 60 valence electrons. The maximum absolute atomic E-state index is 9.06. The van der Waals surface area contributed by atoms with Crippen LogP contribution in [0.25, 0.3) is 0 Å². The van der Waals surface area contributed by atoms with Gasteiger partial charge in [0.15, 0.2) is 0 Å². The van der Waals surface area contributed by atoms with Crippen LogP contribution in [0.3, 0.4) is 0 Å². The number of halogens is 2. The summed E-state index contributed by atoms with van der Waals surface area (Å²) in [6, 6.07) is 0. The maximum Gasteiger partial charge on any atom is 0.0988 e. The fourth-order valence-corrected chi connectivity index (χ4v) is 1.01. The van der Waals surface area contributed by atoms with E-state index in [0.717, 1.165) is 0 Å². The van der Waals surface area contributed by atoms with Crippen LogP contribution >= 0.6 is 31.9 Å². The third kappa shape index (κ3) is 4.44. The number of alkyl halides is 2. The third-order valence-corrected chi connectivity index (χ3v) is 2.01. The van der Waals surface area contributed by atoms with Gasteiger partial charge in [-0.15, -0.1) is 0 Å². The summed E-state index contributed by atoms with van der Waals surface area (Å²) in [6.45, 7) is 0. The Balaban J connectivity index is 3.60. The van der Waals surface area contributed by atoms with E-state index in [2.05, 4.69) is 31.9 Å². The number of rotatable bonds is 4. The van der Waals surface area contributed by atoms with E-state index < -0.39 is 12.2 Å². The molecule has 0 radical (unpaired) electrons. The topological polar surface area (TPSA) is 40.5 Å². The van der Waals surface area contributed by atoms with Crippen molar-refractivity contribution >= 4 is 31.9 Å². The van der Waals surface area contributed by atoms with E-state index in [1.165, 1.54) is 0 Å². The molecule has 0 aliphatic heterocycles. The van der Waals surface area contributed by atoms with Gasteiger partial charge in [0.05, 0.1) is 12.2 Å². The number of hydrogen-bond donors (Lipinski definition) is 2. The van der Waals surface area contributed by atoms with Crippen LogP contribution in [-0.2, 0) is 0 Å². The van der Waals surface area contributed by atoms with Crippen molar-refractivity contribution in [3.8, 4) is 0 Å². The Labute approximate surface area is 77.2 Å². The van der Waals surface area contributed by atoms with Gasteiger partial charge in [-0.2, -0.15) is 0 Å². The molecule has 0 rings (SSSR count). The van der Waals surface area contributed by atoms with Crippen LogP contribution in [0.5, 0.6) is 0 Å². The summed E-state index contributed by atoms with van der Waals surface area (Å²) in [6.07, 6.45) is 1.82. The van der Waals surface area contributed by atoms with Crippen molar-refractivity contribution in [3.05, 3.63) is 12.2 Å². The Kier molecular flexibility index (Phi) is 6.73. The van der Waals surface area contributed by atoms with Crippen molar-refractivity contribution in [1.29, 1.82) is 0 Å². The van der Waals surface area contributed by atoms with Crippen LogP contribution in [0.15, 0.2) is 12.2 Å². The molecule has 0 aromatic rings. The zero-order chi connectivity index (χ0) is 7.98. The molecule has 0 heterocycles. The molecule has 0 aromatic heterocycles. The molecule has 0 aliphatic carbocycles. The minimum Gasteiger partial charge on any atom is -0.389 e. The predicted molar refractivity (Wildman–Crippen MR) is 48.7 cm³/mol. The zero-order valence-corrected chi connectivity index (χ0v) is 8.55. The second-order valence-corrected chi connectivity index (χ2v) is 3.09. The minimum absolute atomic E-state index is 0.390. The number of hydrogen-bond acceptors (Lipinski definition) is 2. The van der Waals surface area contributed by atoms with Gasteiger partial charge in [0.2, 0.25) is 0 Å². The Morgan fingerprint density at radius 2 is 1.90 bits per heavy atom. The van der Waals surface area contributed by atoms with Gasteiger partial charge >= 0.3 is 0 Å².